The molecule has 128 valence electrons. The molecule has 0 aliphatic heterocycles. The standard InChI is InChI=1S/C22H21FO2/c1-13(2)17-9-7-14(3)21-20(17)18(6-5-11-24)22(25-21)16-8-10-19(23)15(4)12-16/h5-13H,1-4H3. The lowest BCUT2D eigenvalue weighted by atomic mass is 9.93. The van der Waals surface area contributed by atoms with Crippen LogP contribution in [0.1, 0.15) is 42.0 Å². The highest BCUT2D eigenvalue weighted by molar-refractivity contribution is 5.99. The highest BCUT2D eigenvalue weighted by atomic mass is 19.1. The number of hydrogen-bond donors (Lipinski definition) is 0. The molecule has 25 heavy (non-hydrogen) atoms. The van der Waals surface area contributed by atoms with Crippen molar-refractivity contribution in [3.63, 3.8) is 0 Å². The minimum atomic E-state index is -0.246. The van der Waals surface area contributed by atoms with Crippen LogP contribution in [0.15, 0.2) is 40.8 Å². The van der Waals surface area contributed by atoms with Gasteiger partial charge in [0.2, 0.25) is 0 Å². The molecule has 0 fully saturated rings. The molecule has 0 amide bonds. The normalized spacial score (nSPS) is 11.8. The van der Waals surface area contributed by atoms with E-state index in [0.29, 0.717) is 17.2 Å². The van der Waals surface area contributed by atoms with Gasteiger partial charge in [0.05, 0.1) is 0 Å². The van der Waals surface area contributed by atoms with E-state index in [0.717, 1.165) is 33.9 Å². The molecule has 0 atom stereocenters. The topological polar surface area (TPSA) is 30.2 Å². The fraction of sp³-hybridized carbons (Fsp3) is 0.227. The van der Waals surface area contributed by atoms with Crippen molar-refractivity contribution in [1.82, 2.24) is 0 Å². The maximum atomic E-state index is 13.7. The Bertz CT molecular complexity index is 977. The molecule has 2 aromatic carbocycles. The van der Waals surface area contributed by atoms with Crippen molar-refractivity contribution in [1.29, 1.82) is 0 Å². The van der Waals surface area contributed by atoms with Gasteiger partial charge in [-0.25, -0.2) is 4.39 Å². The Labute approximate surface area is 147 Å². The Kier molecular flexibility index (Phi) is 4.58. The van der Waals surface area contributed by atoms with E-state index in [2.05, 4.69) is 19.9 Å². The summed E-state index contributed by atoms with van der Waals surface area (Å²) < 4.78 is 19.9. The second-order valence-electron chi connectivity index (χ2n) is 6.63. The van der Waals surface area contributed by atoms with Crippen LogP contribution < -0.4 is 0 Å². The van der Waals surface area contributed by atoms with Crippen molar-refractivity contribution >= 4 is 23.3 Å². The van der Waals surface area contributed by atoms with Crippen LogP contribution in [0.4, 0.5) is 4.39 Å². The van der Waals surface area contributed by atoms with Crippen LogP contribution in [-0.4, -0.2) is 6.29 Å². The van der Waals surface area contributed by atoms with E-state index < -0.39 is 0 Å². The molecule has 0 unspecified atom stereocenters. The van der Waals surface area contributed by atoms with Crippen LogP contribution in [0.5, 0.6) is 0 Å². The SMILES string of the molecule is Cc1cc(-c2oc3c(C)ccc(C(C)C)c3c2C=CC=O)ccc1F. The average molecular weight is 336 g/mol. The number of rotatable bonds is 4. The van der Waals surface area contributed by atoms with Crippen molar-refractivity contribution < 1.29 is 13.6 Å². The van der Waals surface area contributed by atoms with Gasteiger partial charge in [-0.2, -0.15) is 0 Å². The fourth-order valence-electron chi connectivity index (χ4n) is 3.16. The first-order valence-electron chi connectivity index (χ1n) is 8.38. The van der Waals surface area contributed by atoms with Gasteiger partial charge in [-0.05, 0) is 66.8 Å². The molecule has 0 saturated carbocycles. The number of aryl methyl sites for hydroxylation is 2. The highest BCUT2D eigenvalue weighted by Crippen LogP contribution is 2.40. The predicted octanol–water partition coefficient (Wildman–Crippen LogP) is 6.19. The van der Waals surface area contributed by atoms with Gasteiger partial charge < -0.3 is 4.42 Å². The summed E-state index contributed by atoms with van der Waals surface area (Å²) in [5.41, 5.74) is 5.23. The summed E-state index contributed by atoms with van der Waals surface area (Å²) in [5, 5.41) is 1.02. The summed E-state index contributed by atoms with van der Waals surface area (Å²) in [4.78, 5) is 10.9. The van der Waals surface area contributed by atoms with Gasteiger partial charge in [0.1, 0.15) is 23.4 Å². The number of carbonyl (C=O) groups excluding carboxylic acids is 1. The molecule has 0 aliphatic rings. The maximum Gasteiger partial charge on any atom is 0.142 e. The van der Waals surface area contributed by atoms with Gasteiger partial charge in [-0.1, -0.05) is 26.0 Å². The Morgan fingerprint density at radius 3 is 2.48 bits per heavy atom. The summed E-state index contributed by atoms with van der Waals surface area (Å²) in [5.74, 6) is 0.725. The first-order chi connectivity index (χ1) is 11.9. The maximum absolute atomic E-state index is 13.7. The minimum Gasteiger partial charge on any atom is -0.455 e. The lowest BCUT2D eigenvalue weighted by Crippen LogP contribution is -1.91. The van der Waals surface area contributed by atoms with Crippen molar-refractivity contribution in [3.8, 4) is 11.3 Å². The molecular weight excluding hydrogens is 315 g/mol. The summed E-state index contributed by atoms with van der Waals surface area (Å²) in [6, 6.07) is 9.09. The van der Waals surface area contributed by atoms with Crippen LogP contribution in [-0.2, 0) is 4.79 Å². The largest absolute Gasteiger partial charge is 0.455 e. The molecule has 0 bridgehead atoms. The van der Waals surface area contributed by atoms with Gasteiger partial charge in [-0.3, -0.25) is 4.79 Å². The smallest absolute Gasteiger partial charge is 0.142 e. The number of allylic oxidation sites excluding steroid dienone is 1. The van der Waals surface area contributed by atoms with Crippen LogP contribution >= 0.6 is 0 Å². The third-order valence-corrected chi connectivity index (χ3v) is 4.49. The first-order valence-corrected chi connectivity index (χ1v) is 8.38. The number of furan rings is 1. The molecule has 0 spiro atoms. The average Bonchev–Trinajstić information content (AvgIpc) is 2.96. The van der Waals surface area contributed by atoms with E-state index in [1.807, 2.05) is 13.0 Å². The molecule has 3 aromatic rings. The van der Waals surface area contributed by atoms with Crippen molar-refractivity contribution in [2.45, 2.75) is 33.6 Å². The van der Waals surface area contributed by atoms with Gasteiger partial charge in [0.25, 0.3) is 0 Å². The zero-order chi connectivity index (χ0) is 18.1. The summed E-state index contributed by atoms with van der Waals surface area (Å²) in [6.07, 6.45) is 4.00. The monoisotopic (exact) mass is 336 g/mol. The first kappa shape index (κ1) is 17.2. The summed E-state index contributed by atoms with van der Waals surface area (Å²) >= 11 is 0. The Morgan fingerprint density at radius 2 is 1.84 bits per heavy atom. The van der Waals surface area contributed by atoms with E-state index in [1.165, 1.54) is 17.7 Å². The lowest BCUT2D eigenvalue weighted by molar-refractivity contribution is -0.104. The molecule has 3 heteroatoms. The van der Waals surface area contributed by atoms with Gasteiger partial charge in [-0.15, -0.1) is 0 Å². The van der Waals surface area contributed by atoms with Gasteiger partial charge in [0.15, 0.2) is 0 Å². The summed E-state index contributed by atoms with van der Waals surface area (Å²) in [6.45, 7) is 7.99. The van der Waals surface area contributed by atoms with E-state index >= 15 is 0 Å². The van der Waals surface area contributed by atoms with Crippen LogP contribution in [0, 0.1) is 19.7 Å². The van der Waals surface area contributed by atoms with Crippen molar-refractivity contribution in [2.24, 2.45) is 0 Å². The second-order valence-corrected chi connectivity index (χ2v) is 6.63. The zero-order valence-corrected chi connectivity index (χ0v) is 14.9. The Balaban J connectivity index is 2.40. The van der Waals surface area contributed by atoms with Crippen molar-refractivity contribution in [3.05, 3.63) is 64.5 Å². The zero-order valence-electron chi connectivity index (χ0n) is 14.9. The lowest BCUT2D eigenvalue weighted by Gasteiger charge is -2.09. The fourth-order valence-corrected chi connectivity index (χ4v) is 3.16. The molecule has 0 radical (unpaired) electrons. The molecule has 0 saturated heterocycles. The molecular formula is C22H21FO2. The molecule has 1 aromatic heterocycles. The number of carbonyl (C=O) groups is 1. The number of benzene rings is 2. The molecule has 0 N–H and O–H groups in total. The van der Waals surface area contributed by atoms with Crippen LogP contribution in [0.3, 0.4) is 0 Å². The minimum absolute atomic E-state index is 0.246. The highest BCUT2D eigenvalue weighted by Gasteiger charge is 2.20. The van der Waals surface area contributed by atoms with Crippen molar-refractivity contribution in [2.75, 3.05) is 0 Å². The predicted molar refractivity (Wildman–Crippen MR) is 100 cm³/mol. The van der Waals surface area contributed by atoms with E-state index in [1.54, 1.807) is 25.1 Å². The van der Waals surface area contributed by atoms with E-state index in [4.69, 9.17) is 4.42 Å². The van der Waals surface area contributed by atoms with Crippen LogP contribution in [0.2, 0.25) is 0 Å². The third-order valence-electron chi connectivity index (χ3n) is 4.49. The second kappa shape index (κ2) is 6.67. The van der Waals surface area contributed by atoms with E-state index in [9.17, 15) is 9.18 Å². The number of halogens is 1. The third kappa shape index (κ3) is 3.02. The molecule has 1 heterocycles. The summed E-state index contributed by atoms with van der Waals surface area (Å²) in [7, 11) is 0. The van der Waals surface area contributed by atoms with E-state index in [-0.39, 0.29) is 5.82 Å². The number of hydrogen-bond acceptors (Lipinski definition) is 2. The van der Waals surface area contributed by atoms with Gasteiger partial charge >= 0.3 is 0 Å². The molecule has 3 rings (SSSR count). The van der Waals surface area contributed by atoms with Crippen LogP contribution in [0.25, 0.3) is 28.4 Å². The Hall–Kier alpha value is -2.68. The Morgan fingerprint density at radius 1 is 1.08 bits per heavy atom. The quantitative estimate of drug-likeness (QED) is 0.420. The number of fused-ring (bicyclic) bond motifs is 1. The number of aldehydes is 1. The van der Waals surface area contributed by atoms with Gasteiger partial charge in [0, 0.05) is 16.5 Å². The molecule has 2 nitrogen and oxygen atoms in total. The molecule has 0 aliphatic carbocycles.